The van der Waals surface area contributed by atoms with E-state index in [-0.39, 0.29) is 31.1 Å². The lowest BCUT2D eigenvalue weighted by Gasteiger charge is -2.18. The first-order valence-corrected chi connectivity index (χ1v) is 32.2. The van der Waals surface area contributed by atoms with Crippen LogP contribution in [0.5, 0.6) is 0 Å². The molecular formula is C70H120O6. The predicted molar refractivity (Wildman–Crippen MR) is 330 cm³/mol. The van der Waals surface area contributed by atoms with Crippen molar-refractivity contribution in [3.8, 4) is 0 Å². The van der Waals surface area contributed by atoms with Gasteiger partial charge in [-0.25, -0.2) is 0 Å². The number of allylic oxidation sites excluding steroid dienone is 16. The molecular weight excluding hydrogens is 937 g/mol. The molecule has 0 aromatic heterocycles. The fourth-order valence-corrected chi connectivity index (χ4v) is 9.01. The Kier molecular flexibility index (Phi) is 60.8. The summed E-state index contributed by atoms with van der Waals surface area (Å²) >= 11 is 0. The predicted octanol–water partition coefficient (Wildman–Crippen LogP) is 22.0. The van der Waals surface area contributed by atoms with Crippen LogP contribution in [0.25, 0.3) is 0 Å². The number of hydrogen-bond acceptors (Lipinski definition) is 6. The zero-order valence-electron chi connectivity index (χ0n) is 50.0. The lowest BCUT2D eigenvalue weighted by Crippen LogP contribution is -2.30. The summed E-state index contributed by atoms with van der Waals surface area (Å²) in [5.74, 6) is -0.901. The minimum Gasteiger partial charge on any atom is -0.462 e. The van der Waals surface area contributed by atoms with Gasteiger partial charge in [-0.05, 0) is 103 Å². The van der Waals surface area contributed by atoms with Gasteiger partial charge in [-0.2, -0.15) is 0 Å². The lowest BCUT2D eigenvalue weighted by atomic mass is 10.0. The summed E-state index contributed by atoms with van der Waals surface area (Å²) < 4.78 is 16.9. The van der Waals surface area contributed by atoms with E-state index in [0.29, 0.717) is 19.3 Å². The molecule has 6 nitrogen and oxygen atoms in total. The van der Waals surface area contributed by atoms with Crippen LogP contribution >= 0.6 is 0 Å². The zero-order valence-corrected chi connectivity index (χ0v) is 50.0. The first kappa shape index (κ1) is 72.3. The van der Waals surface area contributed by atoms with E-state index in [1.165, 1.54) is 141 Å². The van der Waals surface area contributed by atoms with Gasteiger partial charge in [0.1, 0.15) is 13.2 Å². The molecule has 1 unspecified atom stereocenters. The minimum absolute atomic E-state index is 0.0856. The molecule has 0 saturated carbocycles. The van der Waals surface area contributed by atoms with Crippen molar-refractivity contribution < 1.29 is 28.6 Å². The Morgan fingerprint density at radius 3 is 0.816 bits per heavy atom. The maximum atomic E-state index is 12.9. The van der Waals surface area contributed by atoms with E-state index in [4.69, 9.17) is 14.2 Å². The van der Waals surface area contributed by atoms with Crippen molar-refractivity contribution in [2.75, 3.05) is 13.2 Å². The van der Waals surface area contributed by atoms with Crippen molar-refractivity contribution >= 4 is 17.9 Å². The van der Waals surface area contributed by atoms with Gasteiger partial charge in [-0.15, -0.1) is 0 Å². The Morgan fingerprint density at radius 2 is 0.513 bits per heavy atom. The summed E-state index contributed by atoms with van der Waals surface area (Å²) in [5, 5.41) is 0. The van der Waals surface area contributed by atoms with Crippen LogP contribution in [0.2, 0.25) is 0 Å². The van der Waals surface area contributed by atoms with Crippen LogP contribution in [0, 0.1) is 0 Å². The topological polar surface area (TPSA) is 78.9 Å². The van der Waals surface area contributed by atoms with E-state index in [1.54, 1.807) is 0 Å². The summed E-state index contributed by atoms with van der Waals surface area (Å²) in [5.41, 5.74) is 0. The molecule has 0 N–H and O–H groups in total. The Hall–Kier alpha value is -3.67. The Balaban J connectivity index is 4.37. The zero-order chi connectivity index (χ0) is 55.0. The van der Waals surface area contributed by atoms with Gasteiger partial charge in [0.2, 0.25) is 0 Å². The van der Waals surface area contributed by atoms with Gasteiger partial charge < -0.3 is 14.2 Å². The summed E-state index contributed by atoms with van der Waals surface area (Å²) in [6, 6.07) is 0. The molecule has 0 rings (SSSR count). The van der Waals surface area contributed by atoms with Gasteiger partial charge in [-0.3, -0.25) is 14.4 Å². The SMILES string of the molecule is CC/C=C\C/C=C\C/C=C\C/C=C\C/C=C\C/C=C\C/C=C\CCCCCCCC(=O)OCC(COC(=O)CCCCCCC/C=C\CCCCCCC)OC(=O)CCCCCCCCCCCCCCCCCCC. The summed E-state index contributed by atoms with van der Waals surface area (Å²) in [4.78, 5) is 38.3. The summed E-state index contributed by atoms with van der Waals surface area (Å²) in [7, 11) is 0. The maximum Gasteiger partial charge on any atom is 0.306 e. The number of rotatable bonds is 58. The lowest BCUT2D eigenvalue weighted by molar-refractivity contribution is -0.167. The van der Waals surface area contributed by atoms with E-state index in [1.807, 2.05) is 0 Å². The normalized spacial score (nSPS) is 12.7. The van der Waals surface area contributed by atoms with Gasteiger partial charge in [-0.1, -0.05) is 285 Å². The van der Waals surface area contributed by atoms with Crippen molar-refractivity contribution in [1.29, 1.82) is 0 Å². The third kappa shape index (κ3) is 61.2. The maximum absolute atomic E-state index is 12.9. The standard InChI is InChI=1S/C70H120O6/c1-4-7-10-13-16-19-22-25-28-30-31-32-33-34-35-36-37-38-39-41-42-45-48-51-54-57-60-63-69(72)75-66-67(65-74-68(71)62-59-56-53-50-47-44-27-24-21-18-15-12-9-6-3)76-70(73)64-61-58-55-52-49-46-43-40-29-26-23-20-17-14-11-8-5-2/h7,10,16,19,24-25,27-28,31-32,34-35,37-38,41-42,67H,4-6,8-9,11-15,17-18,20-23,26,29-30,33,36,39-40,43-66H2,1-3H3/b10-7-,19-16-,27-24-,28-25-,32-31-,35-34-,38-37-,42-41-. The highest BCUT2D eigenvalue weighted by atomic mass is 16.6. The molecule has 76 heavy (non-hydrogen) atoms. The fourth-order valence-electron chi connectivity index (χ4n) is 9.01. The van der Waals surface area contributed by atoms with Crippen LogP contribution in [0.15, 0.2) is 97.2 Å². The molecule has 0 aromatic carbocycles. The monoisotopic (exact) mass is 1060 g/mol. The molecule has 0 aliphatic heterocycles. The van der Waals surface area contributed by atoms with Crippen LogP contribution in [-0.2, 0) is 28.6 Å². The summed E-state index contributed by atoms with van der Waals surface area (Å²) in [6.45, 7) is 6.52. The molecule has 0 aromatic rings. The second kappa shape index (κ2) is 63.9. The quantitative estimate of drug-likeness (QED) is 0.0261. The van der Waals surface area contributed by atoms with E-state index in [9.17, 15) is 14.4 Å². The highest BCUT2D eigenvalue weighted by Crippen LogP contribution is 2.16. The Bertz CT molecular complexity index is 1490. The Labute approximate surface area is 470 Å². The average Bonchev–Trinajstić information content (AvgIpc) is 3.42. The van der Waals surface area contributed by atoms with Crippen molar-refractivity contribution in [3.63, 3.8) is 0 Å². The van der Waals surface area contributed by atoms with Gasteiger partial charge >= 0.3 is 17.9 Å². The number of unbranched alkanes of at least 4 members (excludes halogenated alkanes) is 31. The Morgan fingerprint density at radius 1 is 0.276 bits per heavy atom. The molecule has 0 radical (unpaired) electrons. The highest BCUT2D eigenvalue weighted by Gasteiger charge is 2.19. The van der Waals surface area contributed by atoms with Crippen molar-refractivity contribution in [2.24, 2.45) is 0 Å². The molecule has 0 aliphatic carbocycles. The molecule has 0 bridgehead atoms. The largest absolute Gasteiger partial charge is 0.462 e. The molecule has 0 heterocycles. The number of hydrogen-bond donors (Lipinski definition) is 0. The van der Waals surface area contributed by atoms with E-state index in [0.717, 1.165) is 128 Å². The first-order chi connectivity index (χ1) is 37.5. The minimum atomic E-state index is -0.789. The molecule has 1 atom stereocenters. The van der Waals surface area contributed by atoms with Crippen molar-refractivity contribution in [3.05, 3.63) is 97.2 Å². The number of carbonyl (C=O) groups excluding carboxylic acids is 3. The molecule has 0 aliphatic rings. The highest BCUT2D eigenvalue weighted by molar-refractivity contribution is 5.71. The molecule has 436 valence electrons. The second-order valence-electron chi connectivity index (χ2n) is 21.3. The molecule has 6 heteroatoms. The van der Waals surface area contributed by atoms with Crippen molar-refractivity contribution in [2.45, 2.75) is 316 Å². The van der Waals surface area contributed by atoms with E-state index < -0.39 is 6.10 Å². The second-order valence-corrected chi connectivity index (χ2v) is 21.3. The molecule has 0 amide bonds. The van der Waals surface area contributed by atoms with E-state index in [2.05, 4.69) is 118 Å². The van der Waals surface area contributed by atoms with E-state index >= 15 is 0 Å². The number of ether oxygens (including phenoxy) is 3. The van der Waals surface area contributed by atoms with Crippen LogP contribution in [0.4, 0.5) is 0 Å². The molecule has 0 spiro atoms. The third-order valence-electron chi connectivity index (χ3n) is 13.8. The summed E-state index contributed by atoms with van der Waals surface area (Å²) in [6.07, 6.45) is 85.5. The number of esters is 3. The molecule has 0 fully saturated rings. The van der Waals surface area contributed by atoms with Crippen LogP contribution in [-0.4, -0.2) is 37.2 Å². The fraction of sp³-hybridized carbons (Fsp3) is 0.729. The first-order valence-electron chi connectivity index (χ1n) is 32.2. The third-order valence-corrected chi connectivity index (χ3v) is 13.8. The van der Waals surface area contributed by atoms with Gasteiger partial charge in [0, 0.05) is 19.3 Å². The van der Waals surface area contributed by atoms with Gasteiger partial charge in [0.05, 0.1) is 0 Å². The molecule has 0 saturated heterocycles. The van der Waals surface area contributed by atoms with Crippen LogP contribution < -0.4 is 0 Å². The smallest absolute Gasteiger partial charge is 0.306 e. The van der Waals surface area contributed by atoms with Crippen molar-refractivity contribution in [1.82, 2.24) is 0 Å². The average molecular weight is 1060 g/mol. The van der Waals surface area contributed by atoms with Gasteiger partial charge in [0.15, 0.2) is 6.10 Å². The van der Waals surface area contributed by atoms with Gasteiger partial charge in [0.25, 0.3) is 0 Å². The number of carbonyl (C=O) groups is 3. The van der Waals surface area contributed by atoms with Crippen LogP contribution in [0.1, 0.15) is 310 Å². The van der Waals surface area contributed by atoms with Crippen LogP contribution in [0.3, 0.4) is 0 Å².